The molecule has 0 fully saturated rings. The molecule has 0 saturated heterocycles. The van der Waals surface area contributed by atoms with Crippen LogP contribution >= 0.6 is 23.1 Å². The highest BCUT2D eigenvalue weighted by Crippen LogP contribution is 2.33. The fourth-order valence-corrected chi connectivity index (χ4v) is 6.12. The molecule has 1 aliphatic carbocycles. The Morgan fingerprint density at radius 1 is 1.02 bits per heavy atom. The number of thioether (sulfide) groups is 1. The van der Waals surface area contributed by atoms with E-state index in [0.717, 1.165) is 39.1 Å². The minimum Gasteiger partial charge on any atom is -0.371 e. The highest BCUT2D eigenvalue weighted by molar-refractivity contribution is 8.04. The average molecular weight is 612 g/mol. The first-order chi connectivity index (χ1) is 20.8. The van der Waals surface area contributed by atoms with Gasteiger partial charge >= 0.3 is 0 Å². The predicted octanol–water partition coefficient (Wildman–Crippen LogP) is 5.14. The zero-order chi connectivity index (χ0) is 30.0. The van der Waals surface area contributed by atoms with Crippen molar-refractivity contribution in [3.8, 4) is 11.3 Å². The van der Waals surface area contributed by atoms with Crippen molar-refractivity contribution in [1.29, 1.82) is 0 Å². The third-order valence-corrected chi connectivity index (χ3v) is 8.42. The first-order valence-corrected chi connectivity index (χ1v) is 15.5. The number of allylic oxidation sites excluding steroid dienone is 4. The molecule has 2 aromatic carbocycles. The van der Waals surface area contributed by atoms with E-state index in [1.54, 1.807) is 10.0 Å². The number of hydrogen-bond donors (Lipinski definition) is 2. The molecule has 1 aliphatic rings. The van der Waals surface area contributed by atoms with Gasteiger partial charge in [0.2, 0.25) is 4.96 Å². The van der Waals surface area contributed by atoms with Gasteiger partial charge in [0.25, 0.3) is 0 Å². The van der Waals surface area contributed by atoms with Crippen molar-refractivity contribution < 1.29 is 9.59 Å². The summed E-state index contributed by atoms with van der Waals surface area (Å²) in [6, 6.07) is 17.9. The molecule has 3 heterocycles. The smallest absolute Gasteiger partial charge is 0.214 e. The first-order valence-electron chi connectivity index (χ1n) is 13.7. The molecular formula is C30H29N9O2S2. The lowest BCUT2D eigenvalue weighted by Crippen LogP contribution is -2.29. The minimum atomic E-state index is -0.293. The van der Waals surface area contributed by atoms with Crippen LogP contribution in [0.1, 0.15) is 38.2 Å². The molecule has 0 aliphatic heterocycles. The molecule has 3 aromatic heterocycles. The van der Waals surface area contributed by atoms with E-state index in [1.165, 1.54) is 41.3 Å². The second-order valence-corrected chi connectivity index (χ2v) is 12.8. The number of anilines is 2. The SMILES string of the molecule is CC(C)(C)n1nnnc1C(Nc1ccc(-c2nc3scnn3c2NCCSC2=CC(=O)C=CC2=O)cc1)c1ccccc1. The number of imidazole rings is 1. The first kappa shape index (κ1) is 28.5. The van der Waals surface area contributed by atoms with Crippen LogP contribution in [-0.4, -0.2) is 58.7 Å². The topological polar surface area (TPSA) is 132 Å². The third-order valence-electron chi connectivity index (χ3n) is 6.70. The van der Waals surface area contributed by atoms with Gasteiger partial charge in [0.15, 0.2) is 23.2 Å². The zero-order valence-electron chi connectivity index (χ0n) is 23.8. The molecule has 43 heavy (non-hydrogen) atoms. The summed E-state index contributed by atoms with van der Waals surface area (Å²) in [7, 11) is 0. The Labute approximate surface area is 256 Å². The molecule has 0 bridgehead atoms. The van der Waals surface area contributed by atoms with Crippen LogP contribution in [0, 0.1) is 0 Å². The second kappa shape index (κ2) is 11.9. The van der Waals surface area contributed by atoms with Crippen molar-refractivity contribution >= 4 is 51.1 Å². The van der Waals surface area contributed by atoms with Crippen molar-refractivity contribution in [3.05, 3.63) is 94.6 Å². The maximum atomic E-state index is 12.1. The van der Waals surface area contributed by atoms with Crippen molar-refractivity contribution in [1.82, 2.24) is 34.8 Å². The Bertz CT molecular complexity index is 1830. The van der Waals surface area contributed by atoms with Crippen molar-refractivity contribution in [2.75, 3.05) is 22.9 Å². The zero-order valence-corrected chi connectivity index (χ0v) is 25.4. The molecule has 0 saturated carbocycles. The largest absolute Gasteiger partial charge is 0.371 e. The fourth-order valence-electron chi connectivity index (χ4n) is 4.67. The number of carbonyl (C=O) groups excluding carboxylic acids is 2. The van der Waals surface area contributed by atoms with Gasteiger partial charge in [-0.1, -0.05) is 53.8 Å². The number of nitrogens with one attached hydrogen (secondary N) is 2. The van der Waals surface area contributed by atoms with Crippen LogP contribution in [0.5, 0.6) is 0 Å². The van der Waals surface area contributed by atoms with Gasteiger partial charge in [-0.2, -0.15) is 9.61 Å². The Morgan fingerprint density at radius 2 is 1.81 bits per heavy atom. The number of nitrogens with zero attached hydrogens (tertiary/aromatic N) is 7. The highest BCUT2D eigenvalue weighted by atomic mass is 32.2. The summed E-state index contributed by atoms with van der Waals surface area (Å²) < 4.78 is 3.63. The molecule has 1 unspecified atom stereocenters. The van der Waals surface area contributed by atoms with E-state index in [4.69, 9.17) is 4.98 Å². The lowest BCUT2D eigenvalue weighted by atomic mass is 10.0. The summed E-state index contributed by atoms with van der Waals surface area (Å²) in [6.07, 6.45) is 4.00. The standard InChI is InChI=1S/C30H29N9O2S2/c1-30(2,3)39-28(35-36-37-39)26(19-7-5-4-6-8-19)33-21-11-9-20(10-12-21)25-27(38-29(34-25)43-18-32-38)31-15-16-42-24-17-22(40)13-14-23(24)41/h4-14,17-18,26,31,33H,15-16H2,1-3H3. The quantitative estimate of drug-likeness (QED) is 0.162. The molecule has 218 valence electrons. The molecule has 0 spiro atoms. The molecule has 5 aromatic rings. The summed E-state index contributed by atoms with van der Waals surface area (Å²) in [5, 5.41) is 24.2. The van der Waals surface area contributed by atoms with E-state index in [-0.39, 0.29) is 23.1 Å². The van der Waals surface area contributed by atoms with E-state index in [1.807, 2.05) is 47.1 Å². The maximum Gasteiger partial charge on any atom is 0.214 e. The summed E-state index contributed by atoms with van der Waals surface area (Å²) in [4.78, 5) is 29.8. The van der Waals surface area contributed by atoms with Crippen molar-refractivity contribution in [2.24, 2.45) is 0 Å². The van der Waals surface area contributed by atoms with Crippen LogP contribution in [0.2, 0.25) is 0 Å². The minimum absolute atomic E-state index is 0.144. The number of benzene rings is 2. The summed E-state index contributed by atoms with van der Waals surface area (Å²) >= 11 is 2.81. The van der Waals surface area contributed by atoms with Crippen LogP contribution < -0.4 is 10.6 Å². The van der Waals surface area contributed by atoms with Crippen molar-refractivity contribution in [3.63, 3.8) is 0 Å². The number of ketones is 2. The van der Waals surface area contributed by atoms with Gasteiger partial charge in [-0.05, 0) is 61.0 Å². The molecule has 2 N–H and O–H groups in total. The summed E-state index contributed by atoms with van der Waals surface area (Å²) in [5.41, 5.74) is 5.10. The number of carbonyl (C=O) groups is 2. The summed E-state index contributed by atoms with van der Waals surface area (Å²) in [6.45, 7) is 6.77. The predicted molar refractivity (Wildman–Crippen MR) is 169 cm³/mol. The summed E-state index contributed by atoms with van der Waals surface area (Å²) in [5.74, 6) is 1.77. The van der Waals surface area contributed by atoms with Gasteiger partial charge in [0.05, 0.1) is 10.4 Å². The number of tetrazole rings is 1. The van der Waals surface area contributed by atoms with E-state index >= 15 is 0 Å². The Hall–Kier alpha value is -4.62. The van der Waals surface area contributed by atoms with Gasteiger partial charge in [-0.15, -0.1) is 16.9 Å². The van der Waals surface area contributed by atoms with Crippen LogP contribution in [-0.2, 0) is 15.1 Å². The monoisotopic (exact) mass is 611 g/mol. The van der Waals surface area contributed by atoms with Crippen molar-refractivity contribution in [2.45, 2.75) is 32.4 Å². The van der Waals surface area contributed by atoms with Gasteiger partial charge in [0.1, 0.15) is 17.2 Å². The van der Waals surface area contributed by atoms with Gasteiger partial charge in [0, 0.05) is 29.6 Å². The Morgan fingerprint density at radius 3 is 2.58 bits per heavy atom. The van der Waals surface area contributed by atoms with Gasteiger partial charge in [-0.3, -0.25) is 9.59 Å². The number of aromatic nitrogens is 7. The van der Waals surface area contributed by atoms with Crippen LogP contribution in [0.25, 0.3) is 16.2 Å². The lowest BCUT2D eigenvalue weighted by Gasteiger charge is -2.25. The molecule has 0 amide bonds. The fraction of sp³-hybridized carbons (Fsp3) is 0.233. The lowest BCUT2D eigenvalue weighted by molar-refractivity contribution is -0.114. The third kappa shape index (κ3) is 6.13. The molecule has 11 nitrogen and oxygen atoms in total. The average Bonchev–Trinajstić information content (AvgIpc) is 3.74. The van der Waals surface area contributed by atoms with Crippen LogP contribution in [0.15, 0.2) is 83.2 Å². The molecule has 0 radical (unpaired) electrons. The van der Waals surface area contributed by atoms with Gasteiger partial charge < -0.3 is 10.6 Å². The number of fused-ring (bicyclic) bond motifs is 1. The second-order valence-electron chi connectivity index (χ2n) is 10.8. The Kier molecular flexibility index (Phi) is 7.91. The Balaban J connectivity index is 1.22. The molecular weight excluding hydrogens is 583 g/mol. The highest BCUT2D eigenvalue weighted by Gasteiger charge is 2.27. The van der Waals surface area contributed by atoms with Crippen LogP contribution in [0.4, 0.5) is 11.5 Å². The molecule has 1 atom stereocenters. The van der Waals surface area contributed by atoms with E-state index in [2.05, 4.69) is 64.2 Å². The number of rotatable bonds is 10. The molecule has 6 rings (SSSR count). The van der Waals surface area contributed by atoms with E-state index < -0.39 is 0 Å². The molecule has 13 heteroatoms. The number of hydrogen-bond acceptors (Lipinski definition) is 11. The normalized spacial score (nSPS) is 14.3. The van der Waals surface area contributed by atoms with Crippen LogP contribution in [0.3, 0.4) is 0 Å². The maximum absolute atomic E-state index is 12.1. The van der Waals surface area contributed by atoms with E-state index in [9.17, 15) is 9.59 Å². The van der Waals surface area contributed by atoms with E-state index in [0.29, 0.717) is 17.2 Å². The van der Waals surface area contributed by atoms with Gasteiger partial charge in [-0.25, -0.2) is 9.67 Å².